The molecule has 2 saturated heterocycles. The van der Waals surface area contributed by atoms with Gasteiger partial charge in [0.2, 0.25) is 0 Å². The van der Waals surface area contributed by atoms with Crippen LogP contribution in [0.15, 0.2) is 30.7 Å². The van der Waals surface area contributed by atoms with Gasteiger partial charge in [0.15, 0.2) is 11.5 Å². The molecule has 6 rings (SSSR count). The van der Waals surface area contributed by atoms with Crippen molar-refractivity contribution in [3.8, 4) is 22.6 Å². The number of nitrogens with two attached hydrogens (primary N) is 1. The second-order valence-corrected chi connectivity index (χ2v) is 9.55. The number of aliphatic hydroxyl groups is 1. The number of nitrogens with zero attached hydrogens (tertiary/aromatic N) is 3. The van der Waals surface area contributed by atoms with Gasteiger partial charge in [-0.25, -0.2) is 9.97 Å². The highest BCUT2D eigenvalue weighted by molar-refractivity contribution is 6.01. The van der Waals surface area contributed by atoms with E-state index in [4.69, 9.17) is 15.2 Å². The first-order valence-electron chi connectivity index (χ1n) is 11.4. The van der Waals surface area contributed by atoms with Gasteiger partial charge in [0.25, 0.3) is 0 Å². The Kier molecular flexibility index (Phi) is 4.55. The minimum atomic E-state index is -0.213. The van der Waals surface area contributed by atoms with Crippen LogP contribution in [0.5, 0.6) is 11.5 Å². The van der Waals surface area contributed by atoms with E-state index in [9.17, 15) is 10.2 Å². The van der Waals surface area contributed by atoms with Crippen LogP contribution < -0.4 is 10.5 Å². The highest BCUT2D eigenvalue weighted by Crippen LogP contribution is 2.46. The van der Waals surface area contributed by atoms with Gasteiger partial charge >= 0.3 is 0 Å². The maximum atomic E-state index is 10.4. The van der Waals surface area contributed by atoms with Crippen molar-refractivity contribution in [2.24, 2.45) is 5.92 Å². The van der Waals surface area contributed by atoms with Crippen LogP contribution >= 0.6 is 0 Å². The second-order valence-electron chi connectivity index (χ2n) is 9.55. The van der Waals surface area contributed by atoms with E-state index < -0.39 is 0 Å². The quantitative estimate of drug-likeness (QED) is 0.542. The van der Waals surface area contributed by atoms with Gasteiger partial charge in [-0.2, -0.15) is 0 Å². The molecular formula is C24H28N4O4. The van der Waals surface area contributed by atoms with E-state index in [1.54, 1.807) is 6.07 Å². The molecule has 3 aromatic rings. The van der Waals surface area contributed by atoms with Crippen LogP contribution in [-0.2, 0) is 4.74 Å². The number of phenols is 1. The van der Waals surface area contributed by atoms with Crippen molar-refractivity contribution in [2.75, 3.05) is 18.9 Å². The third kappa shape index (κ3) is 3.12. The minimum Gasteiger partial charge on any atom is -0.504 e. The Morgan fingerprint density at radius 1 is 1.22 bits per heavy atom. The van der Waals surface area contributed by atoms with Crippen LogP contribution in [0.2, 0.25) is 0 Å². The number of hydrogen-bond donors (Lipinski definition) is 3. The van der Waals surface area contributed by atoms with Crippen molar-refractivity contribution in [3.05, 3.63) is 30.7 Å². The summed E-state index contributed by atoms with van der Waals surface area (Å²) in [4.78, 5) is 8.72. The van der Waals surface area contributed by atoms with E-state index in [1.807, 2.05) is 12.1 Å². The maximum absolute atomic E-state index is 10.4. The summed E-state index contributed by atoms with van der Waals surface area (Å²) >= 11 is 0. The Morgan fingerprint density at radius 2 is 2.03 bits per heavy atom. The van der Waals surface area contributed by atoms with Crippen molar-refractivity contribution >= 4 is 16.9 Å². The van der Waals surface area contributed by atoms with Crippen molar-refractivity contribution in [1.82, 2.24) is 14.5 Å². The fraction of sp³-hybridized carbons (Fsp3) is 0.500. The molecule has 1 saturated carbocycles. The Balaban J connectivity index is 1.34. The topological polar surface area (TPSA) is 116 Å². The molecule has 2 aromatic heterocycles. The van der Waals surface area contributed by atoms with Gasteiger partial charge in [0, 0.05) is 24.4 Å². The predicted octanol–water partition coefficient (Wildman–Crippen LogP) is 3.42. The highest BCUT2D eigenvalue weighted by atomic mass is 16.6. The second kappa shape index (κ2) is 7.35. The average Bonchev–Trinajstić information content (AvgIpc) is 3.47. The van der Waals surface area contributed by atoms with Crippen LogP contribution in [0.3, 0.4) is 0 Å². The first-order chi connectivity index (χ1) is 15.5. The number of aromatic hydroxyl groups is 1. The first kappa shape index (κ1) is 19.8. The summed E-state index contributed by atoms with van der Waals surface area (Å²) in [5.74, 6) is 1.31. The number of anilines is 1. The van der Waals surface area contributed by atoms with Crippen molar-refractivity contribution in [2.45, 2.75) is 56.3 Å². The summed E-state index contributed by atoms with van der Waals surface area (Å²) in [6.07, 6.45) is 9.94. The predicted molar refractivity (Wildman–Crippen MR) is 119 cm³/mol. The van der Waals surface area contributed by atoms with E-state index >= 15 is 0 Å². The van der Waals surface area contributed by atoms with E-state index in [0.29, 0.717) is 30.2 Å². The smallest absolute Gasteiger partial charge is 0.161 e. The van der Waals surface area contributed by atoms with Crippen LogP contribution in [0.25, 0.3) is 22.2 Å². The van der Waals surface area contributed by atoms with Crippen molar-refractivity contribution < 1.29 is 19.7 Å². The lowest BCUT2D eigenvalue weighted by Gasteiger charge is -2.35. The molecule has 8 heteroatoms. The molecule has 2 aliphatic heterocycles. The Bertz CT molecular complexity index is 1160. The first-order valence-corrected chi connectivity index (χ1v) is 11.4. The average molecular weight is 437 g/mol. The van der Waals surface area contributed by atoms with Gasteiger partial charge in [0.05, 0.1) is 11.5 Å². The number of benzene rings is 1. The van der Waals surface area contributed by atoms with Crippen LogP contribution in [0, 0.1) is 5.92 Å². The van der Waals surface area contributed by atoms with Gasteiger partial charge in [-0.1, -0.05) is 6.07 Å². The lowest BCUT2D eigenvalue weighted by molar-refractivity contribution is -0.0203. The monoisotopic (exact) mass is 436 g/mol. The molecule has 0 radical (unpaired) electrons. The third-order valence-electron chi connectivity index (χ3n) is 7.52. The number of aromatic nitrogens is 3. The Morgan fingerprint density at radius 3 is 2.75 bits per heavy atom. The molecule has 0 spiro atoms. The van der Waals surface area contributed by atoms with E-state index in [0.717, 1.165) is 60.7 Å². The molecule has 1 aliphatic carbocycles. The van der Waals surface area contributed by atoms with Gasteiger partial charge in [-0.05, 0) is 62.1 Å². The molecule has 1 aromatic carbocycles. The minimum absolute atomic E-state index is 0.107. The lowest BCUT2D eigenvalue weighted by Crippen LogP contribution is -2.32. The summed E-state index contributed by atoms with van der Waals surface area (Å²) in [5, 5.41) is 20.7. The van der Waals surface area contributed by atoms with Gasteiger partial charge in [0.1, 0.15) is 30.0 Å². The molecule has 0 unspecified atom stereocenters. The number of rotatable bonds is 6. The normalized spacial score (nSPS) is 28.8. The van der Waals surface area contributed by atoms with Crippen LogP contribution in [0.4, 0.5) is 5.82 Å². The summed E-state index contributed by atoms with van der Waals surface area (Å²) in [7, 11) is 0. The largest absolute Gasteiger partial charge is 0.504 e. The summed E-state index contributed by atoms with van der Waals surface area (Å²) in [6, 6.07) is 5.65. The molecule has 4 N–H and O–H groups in total. The van der Waals surface area contributed by atoms with Crippen LogP contribution in [-0.4, -0.2) is 49.7 Å². The van der Waals surface area contributed by atoms with Gasteiger partial charge in [-0.15, -0.1) is 0 Å². The van der Waals surface area contributed by atoms with Crippen molar-refractivity contribution in [1.29, 1.82) is 0 Å². The Hall–Kier alpha value is -2.84. The fourth-order valence-corrected chi connectivity index (χ4v) is 5.57. The number of phenolic OH excluding ortho intramolecular Hbond substituents is 1. The number of aliphatic hydroxyl groups excluding tert-OH is 1. The van der Waals surface area contributed by atoms with E-state index in [1.165, 1.54) is 6.33 Å². The molecule has 168 valence electrons. The molecule has 3 fully saturated rings. The van der Waals surface area contributed by atoms with E-state index in [2.05, 4.69) is 20.7 Å². The number of hydrogen-bond acceptors (Lipinski definition) is 7. The molecule has 3 aliphatic rings. The molecular weight excluding hydrogens is 408 g/mol. The SMILES string of the molecule is Nc1ncnc2c1c(-c1ccc(O)c(OCC34CCC(CC3)O4)c1)cn2[C@H]1C[C@@H](CO)C1. The maximum Gasteiger partial charge on any atom is 0.161 e. The molecule has 4 heterocycles. The summed E-state index contributed by atoms with van der Waals surface area (Å²) < 4.78 is 14.3. The highest BCUT2D eigenvalue weighted by Gasteiger charge is 2.46. The van der Waals surface area contributed by atoms with Gasteiger partial charge in [-0.3, -0.25) is 0 Å². The third-order valence-corrected chi connectivity index (χ3v) is 7.52. The molecule has 8 nitrogen and oxygen atoms in total. The van der Waals surface area contributed by atoms with E-state index in [-0.39, 0.29) is 24.0 Å². The molecule has 0 amide bonds. The van der Waals surface area contributed by atoms with Crippen LogP contribution in [0.1, 0.15) is 44.6 Å². The summed E-state index contributed by atoms with van der Waals surface area (Å²) in [5.41, 5.74) is 8.64. The zero-order chi connectivity index (χ0) is 21.9. The van der Waals surface area contributed by atoms with Crippen molar-refractivity contribution in [3.63, 3.8) is 0 Å². The summed E-state index contributed by atoms with van der Waals surface area (Å²) in [6.45, 7) is 0.655. The zero-order valence-electron chi connectivity index (χ0n) is 17.9. The molecule has 0 atom stereocenters. The Labute approximate surface area is 186 Å². The number of fused-ring (bicyclic) bond motifs is 3. The lowest BCUT2D eigenvalue weighted by atomic mass is 9.81. The molecule has 32 heavy (non-hydrogen) atoms. The zero-order valence-corrected chi connectivity index (χ0v) is 17.9. The van der Waals surface area contributed by atoms with Gasteiger partial charge < -0.3 is 30.0 Å². The fourth-order valence-electron chi connectivity index (χ4n) is 5.57. The number of ether oxygens (including phenoxy) is 2. The standard InChI is InChI=1S/C24H28N4O4/c25-22-21-18(10-28(23(21)27-13-26-22)16-7-14(8-16)11-29)15-1-2-19(30)20(9-15)31-12-24-5-3-17(32-24)4-6-24/h1-2,9-10,13-14,16-17,29-30H,3-8,11-12H2,(H2,25,26,27)/t14-,16+,17?,24?. The molecule has 2 bridgehead atoms. The number of nitrogen functional groups attached to an aromatic ring is 1.